The average molecular weight is 472 g/mol. The Morgan fingerprint density at radius 1 is 1.03 bits per heavy atom. The van der Waals surface area contributed by atoms with E-state index in [1.54, 1.807) is 17.0 Å². The first-order valence-corrected chi connectivity index (χ1v) is 11.2. The van der Waals surface area contributed by atoms with Crippen LogP contribution in [0.15, 0.2) is 60.7 Å². The fourth-order valence-electron chi connectivity index (χ4n) is 4.75. The molecule has 8 heteroatoms. The lowest BCUT2D eigenvalue weighted by molar-refractivity contribution is -0.177. The van der Waals surface area contributed by atoms with Crippen LogP contribution in [0.1, 0.15) is 34.5 Å². The number of alkyl halides is 3. The van der Waals surface area contributed by atoms with Gasteiger partial charge in [-0.3, -0.25) is 9.69 Å². The van der Waals surface area contributed by atoms with Gasteiger partial charge in [-0.25, -0.2) is 4.98 Å². The fourth-order valence-corrected chi connectivity index (χ4v) is 4.91. The van der Waals surface area contributed by atoms with E-state index < -0.39 is 12.2 Å². The van der Waals surface area contributed by atoms with Crippen LogP contribution in [0, 0.1) is 0 Å². The van der Waals surface area contributed by atoms with E-state index in [1.165, 1.54) is 4.90 Å². The Bertz CT molecular complexity index is 1200. The number of benzene rings is 2. The zero-order valence-electron chi connectivity index (χ0n) is 17.6. The third-order valence-corrected chi connectivity index (χ3v) is 6.53. The summed E-state index contributed by atoms with van der Waals surface area (Å²) in [6, 6.07) is 16.9. The van der Waals surface area contributed by atoms with E-state index in [2.05, 4.69) is 4.98 Å². The smallest absolute Gasteiger partial charge is 0.302 e. The lowest BCUT2D eigenvalue weighted by Crippen LogP contribution is -2.40. The Kier molecular flexibility index (Phi) is 5.62. The van der Waals surface area contributed by atoms with Crippen LogP contribution >= 0.6 is 11.6 Å². The topological polar surface area (TPSA) is 36.4 Å². The highest BCUT2D eigenvalue weighted by atomic mass is 35.5. The minimum Gasteiger partial charge on any atom is -0.302 e. The van der Waals surface area contributed by atoms with E-state index in [4.69, 9.17) is 11.6 Å². The predicted molar refractivity (Wildman–Crippen MR) is 121 cm³/mol. The number of carbonyl (C=O) groups excluding carboxylic acids is 1. The van der Waals surface area contributed by atoms with E-state index in [1.807, 2.05) is 48.5 Å². The molecule has 0 spiro atoms. The van der Waals surface area contributed by atoms with Gasteiger partial charge in [0.2, 0.25) is 0 Å². The number of nitrogens with zero attached hydrogens (tertiary/aromatic N) is 3. The van der Waals surface area contributed by atoms with Gasteiger partial charge in [0, 0.05) is 12.2 Å². The summed E-state index contributed by atoms with van der Waals surface area (Å²) in [4.78, 5) is 20.3. The molecule has 0 unspecified atom stereocenters. The second-order valence-corrected chi connectivity index (χ2v) is 8.78. The number of aromatic nitrogens is 1. The van der Waals surface area contributed by atoms with Crippen molar-refractivity contribution in [3.05, 3.63) is 82.6 Å². The largest absolute Gasteiger partial charge is 0.404 e. The number of halogens is 4. The van der Waals surface area contributed by atoms with Gasteiger partial charge < -0.3 is 4.90 Å². The van der Waals surface area contributed by atoms with Gasteiger partial charge in [-0.2, -0.15) is 13.2 Å². The highest BCUT2D eigenvalue weighted by Crippen LogP contribution is 2.37. The first kappa shape index (κ1) is 21.9. The fraction of sp³-hybridized carbons (Fsp3) is 0.280. The standard InChI is InChI=1S/C25H21ClF3N3O/c26-23-11-10-20-21(30-23)15-32(24(20)33)18-8-9-19(16-5-2-1-3-6-16)17(13-18)14-31-12-4-7-22(31)25(27,28)29/h1-3,5-6,8-11,13,22H,4,7,12,14-15H2/t22-/m0/s1. The first-order chi connectivity index (χ1) is 15.8. The van der Waals surface area contributed by atoms with E-state index in [0.29, 0.717) is 35.1 Å². The summed E-state index contributed by atoms with van der Waals surface area (Å²) in [7, 11) is 0. The van der Waals surface area contributed by atoms with Crippen molar-refractivity contribution in [3.63, 3.8) is 0 Å². The lowest BCUT2D eigenvalue weighted by Gasteiger charge is -2.28. The van der Waals surface area contributed by atoms with Gasteiger partial charge in [0.05, 0.1) is 17.8 Å². The first-order valence-electron chi connectivity index (χ1n) is 10.8. The summed E-state index contributed by atoms with van der Waals surface area (Å²) in [6.07, 6.45) is -3.65. The number of rotatable bonds is 4. The number of pyridine rings is 1. The minimum absolute atomic E-state index is 0.107. The van der Waals surface area contributed by atoms with Crippen LogP contribution < -0.4 is 4.90 Å². The third kappa shape index (κ3) is 4.23. The van der Waals surface area contributed by atoms with Crippen LogP contribution in [0.4, 0.5) is 18.9 Å². The van der Waals surface area contributed by atoms with Crippen molar-refractivity contribution in [2.75, 3.05) is 11.4 Å². The number of likely N-dealkylation sites (tertiary alicyclic amines) is 1. The zero-order valence-corrected chi connectivity index (χ0v) is 18.4. The molecule has 1 saturated heterocycles. The molecule has 170 valence electrons. The minimum atomic E-state index is -4.27. The molecule has 1 amide bonds. The molecule has 33 heavy (non-hydrogen) atoms. The van der Waals surface area contributed by atoms with Crippen molar-refractivity contribution in [1.82, 2.24) is 9.88 Å². The number of carbonyl (C=O) groups is 1. The van der Waals surface area contributed by atoms with Crippen molar-refractivity contribution >= 4 is 23.2 Å². The Hall–Kier alpha value is -2.90. The summed E-state index contributed by atoms with van der Waals surface area (Å²) in [6.45, 7) is 0.814. The number of amides is 1. The molecule has 4 nitrogen and oxygen atoms in total. The second kappa shape index (κ2) is 8.47. The molecule has 0 N–H and O–H groups in total. The molecular weight excluding hydrogens is 451 g/mol. The number of fused-ring (bicyclic) bond motifs is 1. The van der Waals surface area contributed by atoms with Crippen LogP contribution in [0.3, 0.4) is 0 Å². The van der Waals surface area contributed by atoms with Crippen molar-refractivity contribution in [3.8, 4) is 11.1 Å². The second-order valence-electron chi connectivity index (χ2n) is 8.40. The van der Waals surface area contributed by atoms with E-state index >= 15 is 0 Å². The molecule has 2 aromatic carbocycles. The summed E-state index contributed by atoms with van der Waals surface area (Å²) >= 11 is 5.99. The summed E-state index contributed by atoms with van der Waals surface area (Å²) in [5, 5.41) is 0.316. The number of hydrogen-bond donors (Lipinski definition) is 0. The quantitative estimate of drug-likeness (QED) is 0.432. The molecule has 0 saturated carbocycles. The molecule has 3 aromatic rings. The van der Waals surface area contributed by atoms with Crippen molar-refractivity contribution in [1.29, 1.82) is 0 Å². The third-order valence-electron chi connectivity index (χ3n) is 6.32. The van der Waals surface area contributed by atoms with Crippen LogP contribution in [0.25, 0.3) is 11.1 Å². The molecule has 3 heterocycles. The lowest BCUT2D eigenvalue weighted by atomic mass is 9.98. The highest BCUT2D eigenvalue weighted by Gasteiger charge is 2.45. The maximum absolute atomic E-state index is 13.6. The van der Waals surface area contributed by atoms with Crippen molar-refractivity contribution < 1.29 is 18.0 Å². The molecule has 1 atom stereocenters. The van der Waals surface area contributed by atoms with Crippen molar-refractivity contribution in [2.45, 2.75) is 38.1 Å². The molecule has 2 aliphatic rings. The molecule has 1 fully saturated rings. The predicted octanol–water partition coefficient (Wildman–Crippen LogP) is 6.09. The van der Waals surface area contributed by atoms with E-state index in [0.717, 1.165) is 16.7 Å². The van der Waals surface area contributed by atoms with Gasteiger partial charge in [0.15, 0.2) is 0 Å². The Balaban J connectivity index is 1.52. The van der Waals surface area contributed by atoms with Gasteiger partial charge in [0.25, 0.3) is 5.91 Å². The SMILES string of the molecule is O=C1c2ccc(Cl)nc2CN1c1ccc(-c2ccccc2)c(CN2CCC[C@H]2C(F)(F)F)c1. The molecular formula is C25H21ClF3N3O. The molecule has 0 aliphatic carbocycles. The molecule has 1 aromatic heterocycles. The molecule has 2 aliphatic heterocycles. The van der Waals surface area contributed by atoms with E-state index in [9.17, 15) is 18.0 Å². The summed E-state index contributed by atoms with van der Waals surface area (Å²) in [5.41, 5.74) is 4.25. The molecule has 0 radical (unpaired) electrons. The van der Waals surface area contributed by atoms with Gasteiger partial charge in [-0.1, -0.05) is 48.0 Å². The number of anilines is 1. The van der Waals surface area contributed by atoms with Crippen LogP contribution in [-0.4, -0.2) is 34.6 Å². The Morgan fingerprint density at radius 3 is 2.55 bits per heavy atom. The van der Waals surface area contributed by atoms with Gasteiger partial charge in [-0.05, 0) is 60.3 Å². The normalized spacial score (nSPS) is 18.7. The molecule has 5 rings (SSSR count). The van der Waals surface area contributed by atoms with Gasteiger partial charge in [-0.15, -0.1) is 0 Å². The van der Waals surface area contributed by atoms with Crippen LogP contribution in [0.5, 0.6) is 0 Å². The van der Waals surface area contributed by atoms with Crippen LogP contribution in [0.2, 0.25) is 5.15 Å². The van der Waals surface area contributed by atoms with E-state index in [-0.39, 0.29) is 25.4 Å². The summed E-state index contributed by atoms with van der Waals surface area (Å²) in [5.74, 6) is -0.193. The Labute approximate surface area is 194 Å². The monoisotopic (exact) mass is 471 g/mol. The van der Waals surface area contributed by atoms with Gasteiger partial charge in [0.1, 0.15) is 11.2 Å². The molecule has 0 bridgehead atoms. The highest BCUT2D eigenvalue weighted by molar-refractivity contribution is 6.29. The van der Waals surface area contributed by atoms with Crippen LogP contribution in [-0.2, 0) is 13.1 Å². The summed E-state index contributed by atoms with van der Waals surface area (Å²) < 4.78 is 40.8. The average Bonchev–Trinajstić information content (AvgIpc) is 3.38. The van der Waals surface area contributed by atoms with Crippen molar-refractivity contribution in [2.24, 2.45) is 0 Å². The maximum Gasteiger partial charge on any atom is 0.404 e. The number of hydrogen-bond acceptors (Lipinski definition) is 3. The van der Waals surface area contributed by atoms with Gasteiger partial charge >= 0.3 is 6.18 Å². The maximum atomic E-state index is 13.6. The Morgan fingerprint density at radius 2 is 1.79 bits per heavy atom. The zero-order chi connectivity index (χ0) is 23.2.